The van der Waals surface area contributed by atoms with Gasteiger partial charge in [0.05, 0.1) is 4.92 Å². The highest BCUT2D eigenvalue weighted by molar-refractivity contribution is 6.11. The van der Waals surface area contributed by atoms with Crippen LogP contribution in [0.2, 0.25) is 0 Å². The number of hydrogen-bond donors (Lipinski definition) is 3. The Kier molecular flexibility index (Phi) is 7.01. The Bertz CT molecular complexity index is 1360. The summed E-state index contributed by atoms with van der Waals surface area (Å²) in [7, 11) is 0. The molecule has 0 unspecified atom stereocenters. The van der Waals surface area contributed by atoms with Crippen LogP contribution in [0.5, 0.6) is 0 Å². The monoisotopic (exact) mass is 482 g/mol. The fourth-order valence-corrected chi connectivity index (χ4v) is 3.15. The minimum Gasteiger partial charge on any atom is -0.322 e. The highest BCUT2D eigenvalue weighted by Crippen LogP contribution is 2.20. The molecule has 36 heavy (non-hydrogen) atoms. The van der Waals surface area contributed by atoms with Gasteiger partial charge >= 0.3 is 0 Å². The second-order valence-electron chi connectivity index (χ2n) is 7.40. The molecule has 4 rings (SSSR count). The van der Waals surface area contributed by atoms with Gasteiger partial charge in [-0.05, 0) is 54.6 Å². The lowest BCUT2D eigenvalue weighted by Gasteiger charge is -2.12. The SMILES string of the molecule is O=C(Nc1cc(C(=O)Nc2ccccn2)cc(C(=O)Nc2ccccn2)c1)c1ccc([N+](=O)[O-])cc1. The van der Waals surface area contributed by atoms with Crippen LogP contribution in [0.25, 0.3) is 0 Å². The van der Waals surface area contributed by atoms with Gasteiger partial charge in [0.1, 0.15) is 11.6 Å². The number of nitro benzene ring substituents is 1. The molecule has 0 aliphatic heterocycles. The number of non-ortho nitro benzene ring substituents is 1. The molecular weight excluding hydrogens is 464 g/mol. The average molecular weight is 482 g/mol. The third kappa shape index (κ3) is 5.91. The summed E-state index contributed by atoms with van der Waals surface area (Å²) < 4.78 is 0. The Labute approximate surface area is 204 Å². The molecule has 4 aromatic rings. The Morgan fingerprint density at radius 3 is 1.58 bits per heavy atom. The zero-order chi connectivity index (χ0) is 25.5. The molecule has 2 aromatic carbocycles. The summed E-state index contributed by atoms with van der Waals surface area (Å²) >= 11 is 0. The number of amides is 3. The summed E-state index contributed by atoms with van der Waals surface area (Å²) in [5.41, 5.74) is 0.344. The van der Waals surface area contributed by atoms with Gasteiger partial charge in [-0.15, -0.1) is 0 Å². The number of nitrogens with zero attached hydrogens (tertiary/aromatic N) is 3. The normalized spacial score (nSPS) is 10.2. The molecule has 0 bridgehead atoms. The topological polar surface area (TPSA) is 156 Å². The van der Waals surface area contributed by atoms with Crippen LogP contribution in [0.15, 0.2) is 91.3 Å². The first-order valence-corrected chi connectivity index (χ1v) is 10.5. The van der Waals surface area contributed by atoms with Crippen molar-refractivity contribution in [3.63, 3.8) is 0 Å². The predicted octanol–water partition coefficient (Wildman–Crippen LogP) is 4.14. The van der Waals surface area contributed by atoms with Gasteiger partial charge in [-0.3, -0.25) is 24.5 Å². The summed E-state index contributed by atoms with van der Waals surface area (Å²) in [4.78, 5) is 56.9. The van der Waals surface area contributed by atoms with E-state index in [-0.39, 0.29) is 28.1 Å². The molecule has 0 aliphatic rings. The Balaban J connectivity index is 1.62. The van der Waals surface area contributed by atoms with E-state index in [0.29, 0.717) is 11.6 Å². The molecule has 0 fully saturated rings. The fourth-order valence-electron chi connectivity index (χ4n) is 3.15. The molecular formula is C25H18N6O5. The molecule has 0 aliphatic carbocycles. The van der Waals surface area contributed by atoms with E-state index >= 15 is 0 Å². The maximum atomic E-state index is 12.9. The highest BCUT2D eigenvalue weighted by atomic mass is 16.6. The number of nitrogens with one attached hydrogen (secondary N) is 3. The van der Waals surface area contributed by atoms with Crippen LogP contribution < -0.4 is 16.0 Å². The molecule has 0 atom stereocenters. The summed E-state index contributed by atoms with van der Waals surface area (Å²) in [5.74, 6) is -1.06. The lowest BCUT2D eigenvalue weighted by Crippen LogP contribution is -2.18. The third-order valence-electron chi connectivity index (χ3n) is 4.87. The van der Waals surface area contributed by atoms with E-state index in [0.717, 1.165) is 0 Å². The number of hydrogen-bond acceptors (Lipinski definition) is 7. The molecule has 3 amide bonds. The summed E-state index contributed by atoms with van der Waals surface area (Å²) in [5, 5.41) is 18.7. The van der Waals surface area contributed by atoms with Crippen molar-refractivity contribution in [1.82, 2.24) is 9.97 Å². The number of rotatable bonds is 7. The van der Waals surface area contributed by atoms with Crippen molar-refractivity contribution >= 4 is 40.7 Å². The zero-order valence-electron chi connectivity index (χ0n) is 18.5. The van der Waals surface area contributed by atoms with Crippen molar-refractivity contribution in [2.45, 2.75) is 0 Å². The van der Waals surface area contributed by atoms with Crippen molar-refractivity contribution in [3.8, 4) is 0 Å². The van der Waals surface area contributed by atoms with Crippen LogP contribution >= 0.6 is 0 Å². The van der Waals surface area contributed by atoms with Crippen molar-refractivity contribution in [1.29, 1.82) is 0 Å². The molecule has 11 heteroatoms. The first kappa shape index (κ1) is 23.7. The molecule has 2 heterocycles. The highest BCUT2D eigenvalue weighted by Gasteiger charge is 2.17. The summed E-state index contributed by atoms with van der Waals surface area (Å²) in [6.45, 7) is 0. The van der Waals surface area contributed by atoms with Gasteiger partial charge in [-0.1, -0.05) is 12.1 Å². The van der Waals surface area contributed by atoms with E-state index in [1.807, 2.05) is 0 Å². The minimum atomic E-state index is -0.580. The van der Waals surface area contributed by atoms with Gasteiger partial charge in [0.25, 0.3) is 23.4 Å². The van der Waals surface area contributed by atoms with Gasteiger partial charge in [0.15, 0.2) is 0 Å². The molecule has 0 saturated carbocycles. The molecule has 3 N–H and O–H groups in total. The van der Waals surface area contributed by atoms with Crippen LogP contribution in [0, 0.1) is 10.1 Å². The minimum absolute atomic E-state index is 0.0910. The zero-order valence-corrected chi connectivity index (χ0v) is 18.5. The van der Waals surface area contributed by atoms with Crippen LogP contribution in [0.4, 0.5) is 23.0 Å². The van der Waals surface area contributed by atoms with Crippen molar-refractivity contribution in [2.24, 2.45) is 0 Å². The van der Waals surface area contributed by atoms with E-state index in [1.165, 1.54) is 54.9 Å². The number of carbonyl (C=O) groups is 3. The van der Waals surface area contributed by atoms with Crippen molar-refractivity contribution in [3.05, 3.63) is 118 Å². The van der Waals surface area contributed by atoms with Crippen LogP contribution in [-0.2, 0) is 0 Å². The Morgan fingerprint density at radius 1 is 0.639 bits per heavy atom. The maximum Gasteiger partial charge on any atom is 0.269 e. The number of carbonyl (C=O) groups excluding carboxylic acids is 3. The smallest absolute Gasteiger partial charge is 0.269 e. The largest absolute Gasteiger partial charge is 0.322 e. The second kappa shape index (κ2) is 10.7. The van der Waals surface area contributed by atoms with Gasteiger partial charge in [0.2, 0.25) is 0 Å². The molecule has 2 aromatic heterocycles. The van der Waals surface area contributed by atoms with Gasteiger partial charge in [-0.25, -0.2) is 9.97 Å². The van der Waals surface area contributed by atoms with Crippen LogP contribution in [0.3, 0.4) is 0 Å². The van der Waals surface area contributed by atoms with Crippen LogP contribution in [-0.4, -0.2) is 32.6 Å². The predicted molar refractivity (Wildman–Crippen MR) is 132 cm³/mol. The molecule has 0 radical (unpaired) electrons. The molecule has 0 spiro atoms. The van der Waals surface area contributed by atoms with Gasteiger partial charge in [-0.2, -0.15) is 0 Å². The quantitative estimate of drug-likeness (QED) is 0.264. The van der Waals surface area contributed by atoms with Crippen LogP contribution in [0.1, 0.15) is 31.1 Å². The van der Waals surface area contributed by atoms with E-state index in [9.17, 15) is 24.5 Å². The van der Waals surface area contributed by atoms with E-state index in [4.69, 9.17) is 0 Å². The summed E-state index contributed by atoms with van der Waals surface area (Å²) in [6.07, 6.45) is 3.03. The lowest BCUT2D eigenvalue weighted by atomic mass is 10.1. The Hall–Kier alpha value is -5.45. The number of aromatic nitrogens is 2. The lowest BCUT2D eigenvalue weighted by molar-refractivity contribution is -0.384. The van der Waals surface area contributed by atoms with E-state index in [1.54, 1.807) is 36.4 Å². The van der Waals surface area contributed by atoms with Gasteiger partial charge in [0, 0.05) is 46.9 Å². The number of benzene rings is 2. The van der Waals surface area contributed by atoms with Crippen molar-refractivity contribution < 1.29 is 19.3 Å². The first-order valence-electron chi connectivity index (χ1n) is 10.5. The summed E-state index contributed by atoms with van der Waals surface area (Å²) in [6, 6.07) is 19.2. The first-order chi connectivity index (χ1) is 17.4. The third-order valence-corrected chi connectivity index (χ3v) is 4.87. The second-order valence-corrected chi connectivity index (χ2v) is 7.40. The standard InChI is InChI=1S/C25H18N6O5/c32-23(16-7-9-20(10-8-16)31(35)36)28-19-14-17(24(33)29-21-5-1-3-11-26-21)13-18(15-19)25(34)30-22-6-2-4-12-27-22/h1-15H,(H,28,32)(H,26,29,33)(H,27,30,34). The Morgan fingerprint density at radius 2 is 1.14 bits per heavy atom. The number of pyridine rings is 2. The maximum absolute atomic E-state index is 12.9. The van der Waals surface area contributed by atoms with Gasteiger partial charge < -0.3 is 16.0 Å². The number of nitro groups is 1. The average Bonchev–Trinajstić information content (AvgIpc) is 2.89. The number of anilines is 3. The van der Waals surface area contributed by atoms with E-state index < -0.39 is 22.6 Å². The molecule has 0 saturated heterocycles. The fraction of sp³-hybridized carbons (Fsp3) is 0. The van der Waals surface area contributed by atoms with E-state index in [2.05, 4.69) is 25.9 Å². The molecule has 178 valence electrons. The molecule has 11 nitrogen and oxygen atoms in total. The van der Waals surface area contributed by atoms with Crippen molar-refractivity contribution in [2.75, 3.05) is 16.0 Å².